The standard InChI is InChI=1S/C22H30N2O4.C13H19NO4/c1-5-27-19(25)17-14-24(13-16-9-7-6-8-10-16)15-18(17)22(11-12-22)23-20(26)28-21(2,3)4;1-5-17-10(15)6-7-13(8-9-13)14-11(16)18-12(2,3)4/h6-10H,5,11-15H2,1-4H3,(H,23,26);5,8-9H2,1-4H3,(H,14,16). The average Bonchev–Trinajstić information content (AvgIpc) is 3.84. The maximum Gasteiger partial charge on any atom is 0.408 e. The van der Waals surface area contributed by atoms with Gasteiger partial charge in [0, 0.05) is 25.6 Å². The second-order valence-electron chi connectivity index (χ2n) is 13.7. The number of hydrogen-bond acceptors (Lipinski definition) is 9. The van der Waals surface area contributed by atoms with Crippen molar-refractivity contribution in [2.24, 2.45) is 0 Å². The van der Waals surface area contributed by atoms with E-state index < -0.39 is 40.4 Å². The van der Waals surface area contributed by atoms with Gasteiger partial charge >= 0.3 is 24.1 Å². The Labute approximate surface area is 272 Å². The average molecular weight is 640 g/mol. The van der Waals surface area contributed by atoms with Crippen LogP contribution in [0.4, 0.5) is 9.59 Å². The third-order valence-electron chi connectivity index (χ3n) is 7.14. The fraction of sp³-hybridized carbons (Fsp3) is 0.600. The first-order valence-electron chi connectivity index (χ1n) is 15.9. The summed E-state index contributed by atoms with van der Waals surface area (Å²) in [7, 11) is 0. The number of nitrogens with one attached hydrogen (secondary N) is 2. The van der Waals surface area contributed by atoms with E-state index in [0.29, 0.717) is 31.9 Å². The zero-order valence-corrected chi connectivity index (χ0v) is 28.5. The topological polar surface area (TPSA) is 132 Å². The van der Waals surface area contributed by atoms with Crippen LogP contribution in [-0.4, -0.2) is 77.6 Å². The molecule has 0 aromatic heterocycles. The molecule has 252 valence electrons. The van der Waals surface area contributed by atoms with Crippen molar-refractivity contribution in [2.75, 3.05) is 26.3 Å². The van der Waals surface area contributed by atoms with Gasteiger partial charge in [-0.1, -0.05) is 36.3 Å². The highest BCUT2D eigenvalue weighted by molar-refractivity contribution is 5.92. The van der Waals surface area contributed by atoms with Gasteiger partial charge in [-0.2, -0.15) is 0 Å². The van der Waals surface area contributed by atoms with Crippen molar-refractivity contribution in [1.82, 2.24) is 15.5 Å². The van der Waals surface area contributed by atoms with Gasteiger partial charge in [0.2, 0.25) is 0 Å². The Bertz CT molecular complexity index is 1350. The number of rotatable bonds is 8. The molecule has 0 saturated heterocycles. The molecule has 1 aromatic carbocycles. The number of carbonyl (C=O) groups is 4. The van der Waals surface area contributed by atoms with Crippen molar-refractivity contribution in [3.8, 4) is 11.8 Å². The molecule has 2 aliphatic carbocycles. The largest absolute Gasteiger partial charge is 0.463 e. The Hall–Kier alpha value is -4.04. The van der Waals surface area contributed by atoms with E-state index in [1.807, 2.05) is 39.0 Å². The molecule has 0 bridgehead atoms. The zero-order chi connectivity index (χ0) is 34.2. The maximum atomic E-state index is 12.6. The van der Waals surface area contributed by atoms with Gasteiger partial charge in [-0.15, -0.1) is 0 Å². The van der Waals surface area contributed by atoms with Crippen LogP contribution in [-0.2, 0) is 35.1 Å². The molecule has 2 fully saturated rings. The summed E-state index contributed by atoms with van der Waals surface area (Å²) in [5, 5.41) is 5.70. The molecular weight excluding hydrogens is 590 g/mol. The lowest BCUT2D eigenvalue weighted by molar-refractivity contribution is -0.139. The lowest BCUT2D eigenvalue weighted by atomic mass is 10.0. The highest BCUT2D eigenvalue weighted by Crippen LogP contribution is 2.46. The van der Waals surface area contributed by atoms with E-state index in [9.17, 15) is 19.2 Å². The highest BCUT2D eigenvalue weighted by Gasteiger charge is 2.52. The van der Waals surface area contributed by atoms with Gasteiger partial charge in [0.15, 0.2) is 0 Å². The van der Waals surface area contributed by atoms with Crippen LogP contribution in [0, 0.1) is 11.8 Å². The van der Waals surface area contributed by atoms with Gasteiger partial charge in [-0.3, -0.25) is 4.90 Å². The summed E-state index contributed by atoms with van der Waals surface area (Å²) in [6.07, 6.45) is 2.10. The molecule has 2 amide bonds. The number of amides is 2. The lowest BCUT2D eigenvalue weighted by Crippen LogP contribution is -2.43. The van der Waals surface area contributed by atoms with Crippen LogP contribution in [0.15, 0.2) is 41.5 Å². The number of hydrogen-bond donors (Lipinski definition) is 2. The van der Waals surface area contributed by atoms with Crippen molar-refractivity contribution in [1.29, 1.82) is 0 Å². The fourth-order valence-corrected chi connectivity index (χ4v) is 4.86. The Morgan fingerprint density at radius 3 is 1.87 bits per heavy atom. The molecule has 0 radical (unpaired) electrons. The van der Waals surface area contributed by atoms with Gasteiger partial charge in [0.25, 0.3) is 0 Å². The minimum Gasteiger partial charge on any atom is -0.463 e. The zero-order valence-electron chi connectivity index (χ0n) is 28.5. The Morgan fingerprint density at radius 2 is 1.37 bits per heavy atom. The van der Waals surface area contributed by atoms with E-state index in [2.05, 4.69) is 39.5 Å². The fourth-order valence-electron chi connectivity index (χ4n) is 4.86. The summed E-state index contributed by atoms with van der Waals surface area (Å²) in [5.41, 5.74) is 0.615. The summed E-state index contributed by atoms with van der Waals surface area (Å²) < 4.78 is 20.6. The van der Waals surface area contributed by atoms with E-state index in [1.165, 1.54) is 5.56 Å². The number of esters is 2. The Morgan fingerprint density at radius 1 is 0.804 bits per heavy atom. The number of nitrogens with zero attached hydrogens (tertiary/aromatic N) is 1. The van der Waals surface area contributed by atoms with Crippen molar-refractivity contribution >= 4 is 24.1 Å². The van der Waals surface area contributed by atoms with Crippen LogP contribution in [0.3, 0.4) is 0 Å². The minimum absolute atomic E-state index is 0.287. The van der Waals surface area contributed by atoms with E-state index in [1.54, 1.807) is 34.6 Å². The summed E-state index contributed by atoms with van der Waals surface area (Å²) in [5.74, 6) is 4.25. The summed E-state index contributed by atoms with van der Waals surface area (Å²) in [4.78, 5) is 49.8. The van der Waals surface area contributed by atoms with E-state index in [0.717, 1.165) is 37.8 Å². The molecule has 0 unspecified atom stereocenters. The summed E-state index contributed by atoms with van der Waals surface area (Å²) in [6.45, 7) is 16.9. The van der Waals surface area contributed by atoms with Gasteiger partial charge in [-0.05, 0) is 92.2 Å². The van der Waals surface area contributed by atoms with Crippen molar-refractivity contribution in [3.63, 3.8) is 0 Å². The predicted molar refractivity (Wildman–Crippen MR) is 172 cm³/mol. The van der Waals surface area contributed by atoms with Gasteiger partial charge < -0.3 is 29.6 Å². The van der Waals surface area contributed by atoms with Crippen LogP contribution in [0.5, 0.6) is 0 Å². The first-order chi connectivity index (χ1) is 21.5. The third-order valence-corrected chi connectivity index (χ3v) is 7.14. The Kier molecular flexibility index (Phi) is 11.9. The molecule has 11 heteroatoms. The lowest BCUT2D eigenvalue weighted by Gasteiger charge is -2.25. The first-order valence-corrected chi connectivity index (χ1v) is 15.9. The van der Waals surface area contributed by atoms with E-state index in [-0.39, 0.29) is 5.97 Å². The second-order valence-corrected chi connectivity index (χ2v) is 13.7. The minimum atomic E-state index is -0.616. The molecule has 4 rings (SSSR count). The molecule has 1 aromatic rings. The molecule has 46 heavy (non-hydrogen) atoms. The SMILES string of the molecule is CCOC(=O)C#CC1(NC(=O)OC(C)(C)C)CC1.CCOC(=O)C1=C(C2(NC(=O)OC(C)(C)C)CC2)CN(Cc2ccccc2)C1. The van der Waals surface area contributed by atoms with E-state index in [4.69, 9.17) is 18.9 Å². The monoisotopic (exact) mass is 639 g/mol. The van der Waals surface area contributed by atoms with Crippen molar-refractivity contribution < 1.29 is 38.1 Å². The van der Waals surface area contributed by atoms with Crippen LogP contribution < -0.4 is 10.6 Å². The second kappa shape index (κ2) is 15.0. The number of carbonyl (C=O) groups excluding carboxylic acids is 4. The molecule has 3 aliphatic rings. The van der Waals surface area contributed by atoms with E-state index >= 15 is 0 Å². The smallest absolute Gasteiger partial charge is 0.408 e. The van der Waals surface area contributed by atoms with Gasteiger partial charge in [0.05, 0.1) is 24.3 Å². The summed E-state index contributed by atoms with van der Waals surface area (Å²) >= 11 is 0. The maximum absolute atomic E-state index is 12.6. The molecule has 11 nitrogen and oxygen atoms in total. The number of alkyl carbamates (subject to hydrolysis) is 2. The Balaban J connectivity index is 0.000000277. The number of benzene rings is 1. The highest BCUT2D eigenvalue weighted by atomic mass is 16.6. The van der Waals surface area contributed by atoms with Crippen LogP contribution in [0.25, 0.3) is 0 Å². The molecule has 0 spiro atoms. The van der Waals surface area contributed by atoms with Crippen molar-refractivity contribution in [3.05, 3.63) is 47.0 Å². The summed E-state index contributed by atoms with van der Waals surface area (Å²) in [6, 6.07) is 10.2. The third kappa shape index (κ3) is 11.7. The molecule has 2 saturated carbocycles. The normalized spacial score (nSPS) is 17.7. The van der Waals surface area contributed by atoms with Gasteiger partial charge in [0.1, 0.15) is 16.7 Å². The van der Waals surface area contributed by atoms with Crippen LogP contribution >= 0.6 is 0 Å². The molecule has 0 atom stereocenters. The quantitative estimate of drug-likeness (QED) is 0.174. The molecule has 2 N–H and O–H groups in total. The van der Waals surface area contributed by atoms with Crippen LogP contribution in [0.1, 0.15) is 86.6 Å². The number of ether oxygens (including phenoxy) is 4. The predicted octanol–water partition coefficient (Wildman–Crippen LogP) is 5.03. The van der Waals surface area contributed by atoms with Gasteiger partial charge in [-0.25, -0.2) is 19.2 Å². The van der Waals surface area contributed by atoms with Crippen molar-refractivity contribution in [2.45, 2.75) is 110 Å². The molecule has 1 aliphatic heterocycles. The molecule has 1 heterocycles. The first kappa shape index (κ1) is 36.4. The van der Waals surface area contributed by atoms with Crippen LogP contribution in [0.2, 0.25) is 0 Å². The molecular formula is C35H49N3O8.